The van der Waals surface area contributed by atoms with Gasteiger partial charge in [-0.1, -0.05) is 38.1 Å². The van der Waals surface area contributed by atoms with Crippen molar-refractivity contribution in [1.29, 1.82) is 0 Å². The topological polar surface area (TPSA) is 101 Å². The molecule has 0 fully saturated rings. The summed E-state index contributed by atoms with van der Waals surface area (Å²) < 4.78 is 22.4. The summed E-state index contributed by atoms with van der Waals surface area (Å²) in [6, 6.07) is 13.7. The monoisotopic (exact) mass is 403 g/mol. The number of carbonyl (C=O) groups is 1. The van der Waals surface area contributed by atoms with Crippen LogP contribution in [0.4, 0.5) is 5.69 Å². The van der Waals surface area contributed by atoms with Crippen LogP contribution in [-0.2, 0) is 14.8 Å². The second kappa shape index (κ2) is 8.90. The van der Waals surface area contributed by atoms with Crippen molar-refractivity contribution in [1.82, 2.24) is 5.32 Å². The molecule has 0 aromatic heterocycles. The lowest BCUT2D eigenvalue weighted by atomic mass is 10.0. The van der Waals surface area contributed by atoms with Crippen molar-refractivity contribution >= 4 is 45.0 Å². The second-order valence-corrected chi connectivity index (χ2v) is 8.14. The molecule has 2 rings (SSSR count). The molecule has 4 N–H and O–H groups in total. The van der Waals surface area contributed by atoms with Crippen molar-refractivity contribution in [2.24, 2.45) is 5.14 Å². The fourth-order valence-electron chi connectivity index (χ4n) is 2.21. The van der Waals surface area contributed by atoms with Gasteiger partial charge in [0, 0.05) is 11.8 Å². The molecule has 8 heteroatoms. The van der Waals surface area contributed by atoms with Crippen molar-refractivity contribution in [2.45, 2.75) is 24.7 Å². The molecule has 2 aromatic carbocycles. The average Bonchev–Trinajstić information content (AvgIpc) is 2.60. The van der Waals surface area contributed by atoms with Gasteiger partial charge in [0.2, 0.25) is 15.9 Å². The Morgan fingerprint density at radius 3 is 2.19 bits per heavy atom. The molecule has 0 bridgehead atoms. The van der Waals surface area contributed by atoms with Gasteiger partial charge in [0.1, 0.15) is 0 Å². The van der Waals surface area contributed by atoms with E-state index in [1.165, 1.54) is 35.9 Å². The number of amides is 1. The standard InChI is InChI=1S/C19H21N3O3S2/c1-13(2)15-6-3-14(4-7-15)5-12-18(23)22-19(26)21-16-8-10-17(11-9-16)27(20,24)25/h3-13H,1-2H3,(H2,20,24,25)(H2,21,22,23,26)/b12-5+. The van der Waals surface area contributed by atoms with Gasteiger partial charge in [-0.2, -0.15) is 0 Å². The van der Waals surface area contributed by atoms with Crippen LogP contribution in [-0.4, -0.2) is 19.4 Å². The van der Waals surface area contributed by atoms with E-state index < -0.39 is 10.0 Å². The summed E-state index contributed by atoms with van der Waals surface area (Å²) in [5.74, 6) is 0.0791. The third-order valence-corrected chi connectivity index (χ3v) is 4.84. The number of nitrogens with two attached hydrogens (primary N) is 1. The summed E-state index contributed by atoms with van der Waals surface area (Å²) in [4.78, 5) is 12.0. The van der Waals surface area contributed by atoms with E-state index in [0.29, 0.717) is 11.6 Å². The normalized spacial score (nSPS) is 11.6. The molecule has 0 atom stereocenters. The average molecular weight is 404 g/mol. The molecule has 0 unspecified atom stereocenters. The van der Waals surface area contributed by atoms with Crippen molar-refractivity contribution < 1.29 is 13.2 Å². The fourth-order valence-corrected chi connectivity index (χ4v) is 2.94. The third kappa shape index (κ3) is 6.59. The molecule has 0 heterocycles. The summed E-state index contributed by atoms with van der Waals surface area (Å²) >= 11 is 5.08. The number of carbonyl (C=O) groups excluding carboxylic acids is 1. The number of nitrogens with one attached hydrogen (secondary N) is 2. The van der Waals surface area contributed by atoms with Crippen molar-refractivity contribution in [3.63, 3.8) is 0 Å². The van der Waals surface area contributed by atoms with Crippen LogP contribution >= 0.6 is 12.2 Å². The van der Waals surface area contributed by atoms with E-state index in [9.17, 15) is 13.2 Å². The zero-order valence-electron chi connectivity index (χ0n) is 15.0. The summed E-state index contributed by atoms with van der Waals surface area (Å²) in [6.45, 7) is 4.24. The van der Waals surface area contributed by atoms with Crippen LogP contribution in [0.25, 0.3) is 6.08 Å². The maximum Gasteiger partial charge on any atom is 0.250 e. The zero-order valence-corrected chi connectivity index (χ0v) is 16.6. The van der Waals surface area contributed by atoms with Gasteiger partial charge in [-0.3, -0.25) is 10.1 Å². The van der Waals surface area contributed by atoms with Gasteiger partial charge in [0.15, 0.2) is 5.11 Å². The summed E-state index contributed by atoms with van der Waals surface area (Å²) in [6.07, 6.45) is 3.09. The van der Waals surface area contributed by atoms with E-state index in [1.807, 2.05) is 24.3 Å². The lowest BCUT2D eigenvalue weighted by molar-refractivity contribution is -0.115. The van der Waals surface area contributed by atoms with Gasteiger partial charge in [0.05, 0.1) is 4.90 Å². The number of hydrogen-bond acceptors (Lipinski definition) is 4. The van der Waals surface area contributed by atoms with Gasteiger partial charge in [-0.15, -0.1) is 0 Å². The van der Waals surface area contributed by atoms with Crippen LogP contribution in [0, 0.1) is 0 Å². The van der Waals surface area contributed by atoms with E-state index in [4.69, 9.17) is 17.4 Å². The number of primary sulfonamides is 1. The first-order valence-corrected chi connectivity index (χ1v) is 10.1. The summed E-state index contributed by atoms with van der Waals surface area (Å²) in [5, 5.41) is 10.5. The first-order chi connectivity index (χ1) is 12.6. The molecule has 0 aliphatic heterocycles. The Kier molecular flexibility index (Phi) is 6.84. The van der Waals surface area contributed by atoms with Crippen LogP contribution < -0.4 is 15.8 Å². The van der Waals surface area contributed by atoms with E-state index in [-0.39, 0.29) is 15.9 Å². The van der Waals surface area contributed by atoms with Crippen LogP contribution in [0.3, 0.4) is 0 Å². The first kappa shape index (κ1) is 20.8. The Morgan fingerprint density at radius 2 is 1.67 bits per heavy atom. The number of anilines is 1. The van der Waals surface area contributed by atoms with Crippen LogP contribution in [0.5, 0.6) is 0 Å². The Balaban J connectivity index is 1.90. The number of sulfonamides is 1. The van der Waals surface area contributed by atoms with Gasteiger partial charge < -0.3 is 5.32 Å². The van der Waals surface area contributed by atoms with Crippen molar-refractivity contribution in [3.05, 3.63) is 65.7 Å². The largest absolute Gasteiger partial charge is 0.332 e. The van der Waals surface area contributed by atoms with Gasteiger partial charge >= 0.3 is 0 Å². The van der Waals surface area contributed by atoms with E-state index >= 15 is 0 Å². The Labute approximate surface area is 164 Å². The lowest BCUT2D eigenvalue weighted by Gasteiger charge is -2.08. The summed E-state index contributed by atoms with van der Waals surface area (Å²) in [7, 11) is -3.75. The molecule has 0 spiro atoms. The molecule has 1 amide bonds. The lowest BCUT2D eigenvalue weighted by Crippen LogP contribution is -2.32. The highest BCUT2D eigenvalue weighted by Gasteiger charge is 2.07. The molecule has 0 aliphatic carbocycles. The molecule has 6 nitrogen and oxygen atoms in total. The Bertz CT molecular complexity index is 949. The number of thiocarbonyl (C=S) groups is 1. The quantitative estimate of drug-likeness (QED) is 0.526. The van der Waals surface area contributed by atoms with Crippen LogP contribution in [0.2, 0.25) is 0 Å². The summed E-state index contributed by atoms with van der Waals surface area (Å²) in [5.41, 5.74) is 2.67. The number of hydrogen-bond donors (Lipinski definition) is 3. The molecule has 27 heavy (non-hydrogen) atoms. The molecule has 2 aromatic rings. The van der Waals surface area contributed by atoms with E-state index in [0.717, 1.165) is 5.56 Å². The highest BCUT2D eigenvalue weighted by Crippen LogP contribution is 2.15. The molecule has 0 saturated heterocycles. The predicted molar refractivity (Wildman–Crippen MR) is 112 cm³/mol. The van der Waals surface area contributed by atoms with Crippen molar-refractivity contribution in [2.75, 3.05) is 5.32 Å². The zero-order chi connectivity index (χ0) is 20.0. The molecule has 0 aliphatic rings. The highest BCUT2D eigenvalue weighted by atomic mass is 32.2. The Morgan fingerprint density at radius 1 is 1.07 bits per heavy atom. The van der Waals surface area contributed by atoms with Gasteiger partial charge in [0.25, 0.3) is 0 Å². The van der Waals surface area contributed by atoms with Gasteiger partial charge in [-0.05, 0) is 59.6 Å². The van der Waals surface area contributed by atoms with Crippen LogP contribution in [0.15, 0.2) is 59.5 Å². The second-order valence-electron chi connectivity index (χ2n) is 6.17. The predicted octanol–water partition coefficient (Wildman–Crippen LogP) is 2.98. The maximum absolute atomic E-state index is 12.0. The molecular weight excluding hydrogens is 382 g/mol. The first-order valence-electron chi connectivity index (χ1n) is 8.18. The number of benzene rings is 2. The Hall–Kier alpha value is -2.55. The minimum absolute atomic E-state index is 0.00516. The molecule has 0 radical (unpaired) electrons. The van der Waals surface area contributed by atoms with Crippen LogP contribution in [0.1, 0.15) is 30.9 Å². The molecule has 142 valence electrons. The molecule has 0 saturated carbocycles. The van der Waals surface area contributed by atoms with E-state index in [1.54, 1.807) is 6.08 Å². The third-order valence-electron chi connectivity index (χ3n) is 3.71. The minimum Gasteiger partial charge on any atom is -0.332 e. The maximum atomic E-state index is 12.0. The number of rotatable bonds is 5. The smallest absolute Gasteiger partial charge is 0.250 e. The highest BCUT2D eigenvalue weighted by molar-refractivity contribution is 7.89. The fraction of sp³-hybridized carbons (Fsp3) is 0.158. The van der Waals surface area contributed by atoms with Crippen molar-refractivity contribution in [3.8, 4) is 0 Å². The van der Waals surface area contributed by atoms with E-state index in [2.05, 4.69) is 24.5 Å². The minimum atomic E-state index is -3.75. The molecular formula is C19H21N3O3S2. The van der Waals surface area contributed by atoms with Gasteiger partial charge in [-0.25, -0.2) is 13.6 Å². The SMILES string of the molecule is CC(C)c1ccc(/C=C/C(=O)NC(=S)Nc2ccc(S(N)(=O)=O)cc2)cc1.